The van der Waals surface area contributed by atoms with Crippen molar-refractivity contribution < 1.29 is 0 Å². The van der Waals surface area contributed by atoms with Crippen LogP contribution in [0.2, 0.25) is 0 Å². The highest BCUT2D eigenvalue weighted by atomic mass is 15.1. The summed E-state index contributed by atoms with van der Waals surface area (Å²) < 4.78 is 0. The number of benzene rings is 8. The predicted molar refractivity (Wildman–Crippen MR) is 299 cm³/mol. The van der Waals surface area contributed by atoms with Crippen LogP contribution in [0.4, 0.5) is 34.1 Å². The second kappa shape index (κ2) is 16.0. The lowest BCUT2D eigenvalue weighted by atomic mass is 9.63. The summed E-state index contributed by atoms with van der Waals surface area (Å²) in [6.45, 7) is 36.7. The number of nitrogens with zero attached hydrogens (tertiary/aromatic N) is 2. The number of hydrogen-bond acceptors (Lipinski definition) is 2. The summed E-state index contributed by atoms with van der Waals surface area (Å²) >= 11 is 0. The van der Waals surface area contributed by atoms with Crippen molar-refractivity contribution in [2.75, 3.05) is 9.80 Å². The minimum atomic E-state index is -0.286. The second-order valence-electron chi connectivity index (χ2n) is 24.1. The number of allylic oxidation sites excluding steroid dienone is 1. The Bertz CT molecular complexity index is 3240. The highest BCUT2D eigenvalue weighted by Gasteiger charge is 2.45. The summed E-state index contributed by atoms with van der Waals surface area (Å²) in [7, 11) is 0. The van der Waals surface area contributed by atoms with Crippen molar-refractivity contribution in [3.05, 3.63) is 209 Å². The van der Waals surface area contributed by atoms with Gasteiger partial charge in [-0.3, -0.25) is 0 Å². The molecule has 0 amide bonds. The maximum atomic E-state index is 4.23. The maximum Gasteiger partial charge on any atom is 0.0540 e. The first-order chi connectivity index (χ1) is 32.5. The monoisotopic (exact) mass is 903 g/mol. The lowest BCUT2D eigenvalue weighted by Crippen LogP contribution is -2.29. The van der Waals surface area contributed by atoms with Crippen LogP contribution >= 0.6 is 0 Å². The molecule has 8 aromatic rings. The molecule has 69 heavy (non-hydrogen) atoms. The molecule has 0 fully saturated rings. The third kappa shape index (κ3) is 7.63. The van der Waals surface area contributed by atoms with Gasteiger partial charge in [-0.25, -0.2) is 0 Å². The summed E-state index contributed by atoms with van der Waals surface area (Å²) in [6.07, 6.45) is 0. The average Bonchev–Trinajstić information content (AvgIpc) is 3.53. The minimum Gasteiger partial charge on any atom is -0.310 e. The molecule has 0 heterocycles. The highest BCUT2D eigenvalue weighted by molar-refractivity contribution is 6.11. The van der Waals surface area contributed by atoms with Crippen LogP contribution in [0.1, 0.15) is 141 Å². The number of anilines is 6. The van der Waals surface area contributed by atoms with Crippen LogP contribution in [0, 0.1) is 0 Å². The smallest absolute Gasteiger partial charge is 0.0540 e. The van der Waals surface area contributed by atoms with Gasteiger partial charge in [0.15, 0.2) is 0 Å². The summed E-state index contributed by atoms with van der Waals surface area (Å²) in [5, 5.41) is 2.59. The summed E-state index contributed by atoms with van der Waals surface area (Å²) in [4.78, 5) is 4.89. The van der Waals surface area contributed by atoms with Gasteiger partial charge >= 0.3 is 0 Å². The largest absolute Gasteiger partial charge is 0.310 e. The Morgan fingerprint density at radius 3 is 1.26 bits per heavy atom. The van der Waals surface area contributed by atoms with Gasteiger partial charge in [-0.15, -0.1) is 0 Å². The third-order valence-electron chi connectivity index (χ3n) is 15.5. The van der Waals surface area contributed by atoms with Gasteiger partial charge in [-0.1, -0.05) is 193 Å². The van der Waals surface area contributed by atoms with Crippen LogP contribution in [0.15, 0.2) is 164 Å². The summed E-state index contributed by atoms with van der Waals surface area (Å²) in [5.74, 6) is 0. The van der Waals surface area contributed by atoms with E-state index in [2.05, 4.69) is 271 Å². The number of rotatable bonds is 7. The Balaban J connectivity index is 1.11. The minimum absolute atomic E-state index is 0.0578. The van der Waals surface area contributed by atoms with Gasteiger partial charge in [0.05, 0.1) is 5.69 Å². The zero-order valence-corrected chi connectivity index (χ0v) is 43.6. The van der Waals surface area contributed by atoms with E-state index in [0.717, 1.165) is 33.9 Å². The Kier molecular flexibility index (Phi) is 10.7. The fraction of sp³-hybridized carbons (Fsp3) is 0.284. The van der Waals surface area contributed by atoms with Gasteiger partial charge in [-0.05, 0) is 162 Å². The molecule has 0 saturated carbocycles. The van der Waals surface area contributed by atoms with E-state index in [1.807, 2.05) is 0 Å². The topological polar surface area (TPSA) is 6.48 Å². The number of fused-ring (bicyclic) bond motifs is 6. The molecule has 0 radical (unpaired) electrons. The third-order valence-corrected chi connectivity index (χ3v) is 15.5. The van der Waals surface area contributed by atoms with Crippen molar-refractivity contribution in [2.24, 2.45) is 0 Å². The standard InChI is InChI=1S/C67H70N2/c1-42(2)43-19-27-49(28-20-43)69(50-33-25-46(26-34-50)65(9,10)11)59-40-39-53-55-38-37-54-52-36-35-51(41-58(52)67(14,15)61(54)62(55)66(12,13)57-18-16-17-56(59)60(53)57)68(47-29-21-44(22-30-47)63(3,4)5)48-31-23-45(24-32-48)64(6,7)8/h16-41H,1H2,2-15H3. The zero-order chi connectivity index (χ0) is 49.2. The van der Waals surface area contributed by atoms with Crippen molar-refractivity contribution >= 4 is 50.5 Å². The van der Waals surface area contributed by atoms with Gasteiger partial charge in [0, 0.05) is 44.7 Å². The van der Waals surface area contributed by atoms with Crippen LogP contribution in [-0.4, -0.2) is 0 Å². The first-order valence-electron chi connectivity index (χ1n) is 25.0. The first-order valence-corrected chi connectivity index (χ1v) is 25.0. The molecule has 0 N–H and O–H groups in total. The lowest BCUT2D eigenvalue weighted by Gasteiger charge is -2.40. The SMILES string of the molecule is C=C(C)c1ccc(N(c2ccc(C(C)(C)C)cc2)c2ccc3c4c(cccc24)C(C)(C)c2c-3ccc3c2C(C)(C)c2cc(N(c4ccc(C(C)(C)C)cc4)c4ccc(C(C)(C)C)cc4)ccc2-3)cc1. The molecule has 0 saturated heterocycles. The molecule has 10 rings (SSSR count). The van der Waals surface area contributed by atoms with Crippen molar-refractivity contribution in [1.82, 2.24) is 0 Å². The van der Waals surface area contributed by atoms with Gasteiger partial charge in [-0.2, -0.15) is 0 Å². The fourth-order valence-electron chi connectivity index (χ4n) is 11.5. The van der Waals surface area contributed by atoms with Crippen LogP contribution in [0.3, 0.4) is 0 Å². The molecule has 2 aliphatic carbocycles. The molecule has 0 atom stereocenters. The molecule has 0 unspecified atom stereocenters. The number of hydrogen-bond donors (Lipinski definition) is 0. The molecule has 2 aliphatic rings. The Morgan fingerprint density at radius 1 is 0.406 bits per heavy atom. The summed E-state index contributed by atoms with van der Waals surface area (Å²) in [5.41, 5.74) is 23.7. The van der Waals surface area contributed by atoms with Gasteiger partial charge in [0.1, 0.15) is 0 Å². The Hall–Kier alpha value is -6.64. The van der Waals surface area contributed by atoms with E-state index < -0.39 is 0 Å². The van der Waals surface area contributed by atoms with E-state index in [1.54, 1.807) is 0 Å². The molecule has 2 heteroatoms. The quantitative estimate of drug-likeness (QED) is 0.157. The van der Waals surface area contributed by atoms with Crippen LogP contribution < -0.4 is 9.80 Å². The molecule has 8 aromatic carbocycles. The van der Waals surface area contributed by atoms with E-state index in [0.29, 0.717) is 0 Å². The Labute approximate surface area is 413 Å². The highest BCUT2D eigenvalue weighted by Crippen LogP contribution is 2.60. The van der Waals surface area contributed by atoms with E-state index in [4.69, 9.17) is 0 Å². The molecule has 0 aliphatic heterocycles. The van der Waals surface area contributed by atoms with Gasteiger partial charge < -0.3 is 9.80 Å². The first kappa shape index (κ1) is 46.1. The molecular formula is C67H70N2. The molecule has 2 nitrogen and oxygen atoms in total. The van der Waals surface area contributed by atoms with Crippen molar-refractivity contribution in [1.29, 1.82) is 0 Å². The van der Waals surface area contributed by atoms with Gasteiger partial charge in [0.25, 0.3) is 0 Å². The van der Waals surface area contributed by atoms with Crippen LogP contribution in [-0.2, 0) is 27.1 Å². The Morgan fingerprint density at radius 2 is 0.797 bits per heavy atom. The van der Waals surface area contributed by atoms with Crippen molar-refractivity contribution in [2.45, 2.75) is 124 Å². The normalized spacial score (nSPS) is 14.5. The predicted octanol–water partition coefficient (Wildman–Crippen LogP) is 19.3. The van der Waals surface area contributed by atoms with Crippen molar-refractivity contribution in [3.63, 3.8) is 0 Å². The van der Waals surface area contributed by atoms with E-state index >= 15 is 0 Å². The second-order valence-corrected chi connectivity index (χ2v) is 24.1. The van der Waals surface area contributed by atoms with Crippen LogP contribution in [0.5, 0.6) is 0 Å². The average molecular weight is 903 g/mol. The summed E-state index contributed by atoms with van der Waals surface area (Å²) in [6, 6.07) is 60.3. The lowest BCUT2D eigenvalue weighted by molar-refractivity contribution is 0.590. The zero-order valence-electron chi connectivity index (χ0n) is 43.6. The van der Waals surface area contributed by atoms with Crippen LogP contribution in [0.25, 0.3) is 38.6 Å². The van der Waals surface area contributed by atoms with E-state index in [9.17, 15) is 0 Å². The molecule has 348 valence electrons. The van der Waals surface area contributed by atoms with Crippen molar-refractivity contribution in [3.8, 4) is 22.3 Å². The molecule has 0 bridgehead atoms. The van der Waals surface area contributed by atoms with E-state index in [1.165, 1.54) is 83.3 Å². The molecule has 0 spiro atoms. The maximum absolute atomic E-state index is 4.23. The molecular weight excluding hydrogens is 833 g/mol. The molecule has 0 aromatic heterocycles. The van der Waals surface area contributed by atoms with Gasteiger partial charge in [0.2, 0.25) is 0 Å². The fourth-order valence-corrected chi connectivity index (χ4v) is 11.5. The van der Waals surface area contributed by atoms with E-state index in [-0.39, 0.29) is 27.1 Å².